The van der Waals surface area contributed by atoms with Gasteiger partial charge in [-0.25, -0.2) is 4.39 Å². The fourth-order valence-corrected chi connectivity index (χ4v) is 2.65. The molecule has 0 bridgehead atoms. The van der Waals surface area contributed by atoms with Crippen LogP contribution in [0.25, 0.3) is 0 Å². The fourth-order valence-electron chi connectivity index (χ4n) is 2.65. The predicted molar refractivity (Wildman–Crippen MR) is 87.1 cm³/mol. The van der Waals surface area contributed by atoms with E-state index in [0.29, 0.717) is 12.1 Å². The predicted octanol–water partition coefficient (Wildman–Crippen LogP) is 3.90. The quantitative estimate of drug-likeness (QED) is 0.527. The number of nitro groups is 1. The third kappa shape index (κ3) is 3.43. The summed E-state index contributed by atoms with van der Waals surface area (Å²) in [6, 6.07) is 12.7. The second-order valence-corrected chi connectivity index (χ2v) is 5.33. The molecule has 2 heterocycles. The summed E-state index contributed by atoms with van der Waals surface area (Å²) in [5, 5.41) is 11.4. The molecule has 0 spiro atoms. The van der Waals surface area contributed by atoms with Crippen LogP contribution in [0.3, 0.4) is 0 Å². The van der Waals surface area contributed by atoms with E-state index in [1.165, 1.54) is 30.5 Å². The molecule has 1 atom stereocenters. The zero-order chi connectivity index (χ0) is 16.9. The summed E-state index contributed by atoms with van der Waals surface area (Å²) in [6.07, 6.45) is 5.38. The number of halogens is 1. The molecule has 0 saturated carbocycles. The van der Waals surface area contributed by atoms with E-state index in [-0.39, 0.29) is 17.4 Å². The van der Waals surface area contributed by atoms with Gasteiger partial charge in [0.05, 0.1) is 4.92 Å². The van der Waals surface area contributed by atoms with E-state index in [4.69, 9.17) is 0 Å². The number of benzene rings is 1. The lowest BCUT2D eigenvalue weighted by Crippen LogP contribution is -2.10. The van der Waals surface area contributed by atoms with Gasteiger partial charge in [0.2, 0.25) is 0 Å². The van der Waals surface area contributed by atoms with Crippen LogP contribution < -0.4 is 0 Å². The molecule has 1 aromatic carbocycles. The first kappa shape index (κ1) is 15.7. The normalized spacial score (nSPS) is 11.9. The van der Waals surface area contributed by atoms with E-state index in [1.807, 2.05) is 12.1 Å². The second-order valence-electron chi connectivity index (χ2n) is 5.33. The van der Waals surface area contributed by atoms with Crippen molar-refractivity contribution in [2.24, 2.45) is 0 Å². The van der Waals surface area contributed by atoms with E-state index < -0.39 is 4.92 Å². The molecule has 0 aliphatic heterocycles. The van der Waals surface area contributed by atoms with Crippen molar-refractivity contribution in [2.75, 3.05) is 0 Å². The van der Waals surface area contributed by atoms with Crippen LogP contribution in [0.2, 0.25) is 0 Å². The zero-order valence-corrected chi connectivity index (χ0v) is 12.7. The van der Waals surface area contributed by atoms with Crippen LogP contribution in [-0.2, 0) is 6.42 Å². The summed E-state index contributed by atoms with van der Waals surface area (Å²) >= 11 is 0. The molecule has 6 heteroatoms. The molecule has 1 unspecified atom stereocenters. The van der Waals surface area contributed by atoms with Crippen LogP contribution in [0.15, 0.2) is 67.1 Å². The number of pyridine rings is 2. The van der Waals surface area contributed by atoms with Crippen LogP contribution in [0.1, 0.15) is 22.7 Å². The molecule has 0 aliphatic carbocycles. The highest BCUT2D eigenvalue weighted by Crippen LogP contribution is 2.32. The minimum absolute atomic E-state index is 0.0409. The van der Waals surface area contributed by atoms with Gasteiger partial charge < -0.3 is 0 Å². The molecule has 3 aromatic rings. The van der Waals surface area contributed by atoms with Crippen LogP contribution in [0.4, 0.5) is 10.1 Å². The van der Waals surface area contributed by atoms with E-state index in [1.54, 1.807) is 24.5 Å². The number of hydrogen-bond donors (Lipinski definition) is 0. The smallest absolute Gasteiger partial charge is 0.265 e. The molecule has 0 fully saturated rings. The van der Waals surface area contributed by atoms with Gasteiger partial charge >= 0.3 is 0 Å². The van der Waals surface area contributed by atoms with Crippen molar-refractivity contribution in [1.29, 1.82) is 0 Å². The first-order valence-electron chi connectivity index (χ1n) is 7.39. The standard InChI is InChI=1S/C18H14FN3O2/c19-15-5-3-14(4-6-15)16(12-13-7-10-20-11-8-13)18-17(22(23)24)2-1-9-21-18/h1-11,16H,12H2. The largest absolute Gasteiger partial charge is 0.291 e. The van der Waals surface area contributed by atoms with Gasteiger partial charge in [0, 0.05) is 30.6 Å². The molecule has 0 aliphatic rings. The molecule has 0 saturated heterocycles. The molecule has 5 nitrogen and oxygen atoms in total. The number of nitrogens with zero attached hydrogens (tertiary/aromatic N) is 3. The molecule has 120 valence electrons. The Labute approximate surface area is 138 Å². The average Bonchev–Trinajstić information content (AvgIpc) is 2.61. The minimum Gasteiger partial charge on any atom is -0.265 e. The highest BCUT2D eigenvalue weighted by Gasteiger charge is 2.25. The molecular formula is C18H14FN3O2. The summed E-state index contributed by atoms with van der Waals surface area (Å²) in [6.45, 7) is 0. The van der Waals surface area contributed by atoms with Crippen molar-refractivity contribution >= 4 is 5.69 Å². The van der Waals surface area contributed by atoms with Gasteiger partial charge in [-0.15, -0.1) is 0 Å². The molecule has 0 N–H and O–H groups in total. The van der Waals surface area contributed by atoms with Gasteiger partial charge in [0.15, 0.2) is 0 Å². The van der Waals surface area contributed by atoms with E-state index >= 15 is 0 Å². The summed E-state index contributed by atoms with van der Waals surface area (Å²) < 4.78 is 13.3. The maximum Gasteiger partial charge on any atom is 0.291 e. The Balaban J connectivity index is 2.08. The Morgan fingerprint density at radius 1 is 1.04 bits per heavy atom. The Hall–Kier alpha value is -3.15. The summed E-state index contributed by atoms with van der Waals surface area (Å²) in [5.41, 5.74) is 2.07. The van der Waals surface area contributed by atoms with Crippen LogP contribution in [-0.4, -0.2) is 14.9 Å². The number of hydrogen-bond acceptors (Lipinski definition) is 4. The first-order chi connectivity index (χ1) is 11.6. The Kier molecular flexibility index (Phi) is 4.56. The Morgan fingerprint density at radius 2 is 1.75 bits per heavy atom. The van der Waals surface area contributed by atoms with Crippen LogP contribution in [0.5, 0.6) is 0 Å². The van der Waals surface area contributed by atoms with Crippen molar-refractivity contribution in [3.8, 4) is 0 Å². The van der Waals surface area contributed by atoms with E-state index in [2.05, 4.69) is 9.97 Å². The third-order valence-corrected chi connectivity index (χ3v) is 3.80. The molecule has 3 rings (SSSR count). The van der Waals surface area contributed by atoms with E-state index in [9.17, 15) is 14.5 Å². The van der Waals surface area contributed by atoms with Crippen molar-refractivity contribution in [3.63, 3.8) is 0 Å². The van der Waals surface area contributed by atoms with Crippen LogP contribution in [0, 0.1) is 15.9 Å². The SMILES string of the molecule is O=[N+]([O-])c1cccnc1C(Cc1ccncc1)c1ccc(F)cc1. The maximum atomic E-state index is 13.3. The number of rotatable bonds is 5. The van der Waals surface area contributed by atoms with Crippen LogP contribution >= 0.6 is 0 Å². The molecule has 24 heavy (non-hydrogen) atoms. The molecule has 0 radical (unpaired) electrons. The van der Waals surface area contributed by atoms with Gasteiger partial charge in [-0.2, -0.15) is 0 Å². The summed E-state index contributed by atoms with van der Waals surface area (Å²) in [4.78, 5) is 19.1. The second kappa shape index (κ2) is 6.95. The lowest BCUT2D eigenvalue weighted by molar-refractivity contribution is -0.386. The van der Waals surface area contributed by atoms with Crippen molar-refractivity contribution in [2.45, 2.75) is 12.3 Å². The summed E-state index contributed by atoms with van der Waals surface area (Å²) in [5.74, 6) is -0.702. The van der Waals surface area contributed by atoms with Crippen molar-refractivity contribution in [1.82, 2.24) is 9.97 Å². The molecule has 2 aromatic heterocycles. The third-order valence-electron chi connectivity index (χ3n) is 3.80. The molecule has 0 amide bonds. The van der Waals surface area contributed by atoms with Crippen molar-refractivity contribution < 1.29 is 9.31 Å². The van der Waals surface area contributed by atoms with Crippen molar-refractivity contribution in [3.05, 3.63) is 99.9 Å². The zero-order valence-electron chi connectivity index (χ0n) is 12.7. The Bertz CT molecular complexity index is 838. The maximum absolute atomic E-state index is 13.3. The lowest BCUT2D eigenvalue weighted by atomic mass is 9.88. The first-order valence-corrected chi connectivity index (χ1v) is 7.39. The molecular weight excluding hydrogens is 309 g/mol. The number of aromatic nitrogens is 2. The van der Waals surface area contributed by atoms with Gasteiger partial charge in [0.1, 0.15) is 11.5 Å². The highest BCUT2D eigenvalue weighted by molar-refractivity contribution is 5.43. The monoisotopic (exact) mass is 323 g/mol. The highest BCUT2D eigenvalue weighted by atomic mass is 19.1. The van der Waals surface area contributed by atoms with E-state index in [0.717, 1.165) is 11.1 Å². The topological polar surface area (TPSA) is 68.9 Å². The average molecular weight is 323 g/mol. The lowest BCUT2D eigenvalue weighted by Gasteiger charge is -2.17. The minimum atomic E-state index is -0.439. The summed E-state index contributed by atoms with van der Waals surface area (Å²) in [7, 11) is 0. The fraction of sp³-hybridized carbons (Fsp3) is 0.111. The van der Waals surface area contributed by atoms with Gasteiger partial charge in [-0.3, -0.25) is 20.1 Å². The van der Waals surface area contributed by atoms with Gasteiger partial charge in [-0.1, -0.05) is 12.1 Å². The Morgan fingerprint density at radius 3 is 2.42 bits per heavy atom. The van der Waals surface area contributed by atoms with Gasteiger partial charge in [0.25, 0.3) is 5.69 Å². The van der Waals surface area contributed by atoms with Gasteiger partial charge in [-0.05, 0) is 47.9 Å².